The highest BCUT2D eigenvalue weighted by Crippen LogP contribution is 2.16. The van der Waals surface area contributed by atoms with Crippen LogP contribution in [0.1, 0.15) is 26.2 Å². The van der Waals surface area contributed by atoms with Crippen LogP contribution in [0.25, 0.3) is 0 Å². The van der Waals surface area contributed by atoms with Crippen LogP contribution < -0.4 is 0 Å². The Bertz CT molecular complexity index is 261. The number of carboxylic acids is 1. The molecule has 0 aliphatic carbocycles. The Balaban J connectivity index is 2.32. The van der Waals surface area contributed by atoms with Gasteiger partial charge in [0.25, 0.3) is 0 Å². The summed E-state index contributed by atoms with van der Waals surface area (Å²) in [6.07, 6.45) is 2.32. The van der Waals surface area contributed by atoms with Crippen LogP contribution in [0.3, 0.4) is 0 Å². The van der Waals surface area contributed by atoms with Gasteiger partial charge >= 0.3 is 5.97 Å². The van der Waals surface area contributed by atoms with Gasteiger partial charge in [-0.25, -0.2) is 0 Å². The van der Waals surface area contributed by atoms with E-state index in [1.807, 2.05) is 0 Å². The molecule has 1 fully saturated rings. The Morgan fingerprint density at radius 3 is 2.75 bits per heavy atom. The second-order valence-electron chi connectivity index (χ2n) is 4.35. The first-order valence-corrected chi connectivity index (χ1v) is 5.59. The molecule has 1 aliphatic heterocycles. The maximum Gasteiger partial charge on any atom is 0.308 e. The molecular weight excluding hydrogens is 210 g/mol. The Labute approximate surface area is 95.4 Å². The van der Waals surface area contributed by atoms with E-state index in [0.29, 0.717) is 6.42 Å². The Morgan fingerprint density at radius 2 is 2.25 bits per heavy atom. The molecule has 0 saturated carbocycles. The molecule has 1 amide bonds. The fraction of sp³-hybridized carbons (Fsp3) is 0.818. The van der Waals surface area contributed by atoms with Crippen LogP contribution in [-0.4, -0.2) is 48.2 Å². The van der Waals surface area contributed by atoms with E-state index in [4.69, 9.17) is 9.84 Å². The van der Waals surface area contributed by atoms with Crippen molar-refractivity contribution in [2.75, 3.05) is 20.2 Å². The minimum Gasteiger partial charge on any atom is -0.481 e. The zero-order chi connectivity index (χ0) is 12.1. The van der Waals surface area contributed by atoms with Gasteiger partial charge in [0.1, 0.15) is 0 Å². The molecule has 0 spiro atoms. The summed E-state index contributed by atoms with van der Waals surface area (Å²) >= 11 is 0. The largest absolute Gasteiger partial charge is 0.481 e. The van der Waals surface area contributed by atoms with E-state index < -0.39 is 11.9 Å². The summed E-state index contributed by atoms with van der Waals surface area (Å²) in [5, 5.41) is 8.73. The number of hydrogen-bond donors (Lipinski definition) is 1. The van der Waals surface area contributed by atoms with Crippen LogP contribution in [0.4, 0.5) is 0 Å². The summed E-state index contributed by atoms with van der Waals surface area (Å²) in [5.41, 5.74) is 0. The third-order valence-electron chi connectivity index (χ3n) is 2.82. The van der Waals surface area contributed by atoms with Crippen molar-refractivity contribution in [2.24, 2.45) is 5.92 Å². The molecule has 1 heterocycles. The molecule has 0 bridgehead atoms. The molecule has 1 aliphatic rings. The normalized spacial score (nSPS) is 21.8. The average molecular weight is 229 g/mol. The van der Waals surface area contributed by atoms with Gasteiger partial charge < -0.3 is 14.7 Å². The fourth-order valence-electron chi connectivity index (χ4n) is 1.75. The first-order chi connectivity index (χ1) is 7.50. The Morgan fingerprint density at radius 1 is 1.56 bits per heavy atom. The number of carbonyl (C=O) groups is 2. The van der Waals surface area contributed by atoms with Crippen LogP contribution in [0.15, 0.2) is 0 Å². The molecule has 2 atom stereocenters. The van der Waals surface area contributed by atoms with Gasteiger partial charge in [-0.15, -0.1) is 0 Å². The number of rotatable bonds is 5. The van der Waals surface area contributed by atoms with Crippen molar-refractivity contribution < 1.29 is 19.4 Å². The molecule has 5 nitrogen and oxygen atoms in total. The van der Waals surface area contributed by atoms with Crippen molar-refractivity contribution in [3.63, 3.8) is 0 Å². The van der Waals surface area contributed by atoms with Crippen LogP contribution in [-0.2, 0) is 14.3 Å². The number of aliphatic carboxylic acids is 1. The summed E-state index contributed by atoms with van der Waals surface area (Å²) in [6, 6.07) is 0. The van der Waals surface area contributed by atoms with Crippen molar-refractivity contribution >= 4 is 11.9 Å². The zero-order valence-electron chi connectivity index (χ0n) is 9.81. The van der Waals surface area contributed by atoms with E-state index >= 15 is 0 Å². The molecule has 0 radical (unpaired) electrons. The van der Waals surface area contributed by atoms with Gasteiger partial charge in [0, 0.05) is 20.2 Å². The average Bonchev–Trinajstić information content (AvgIpc) is 2.69. The van der Waals surface area contributed by atoms with E-state index in [1.165, 1.54) is 4.90 Å². The molecule has 0 aromatic rings. The number of ether oxygens (including phenoxy) is 1. The number of carbonyl (C=O) groups excluding carboxylic acids is 1. The highest BCUT2D eigenvalue weighted by atomic mass is 16.5. The minimum absolute atomic E-state index is 0.0232. The van der Waals surface area contributed by atoms with E-state index in [2.05, 4.69) is 0 Å². The predicted molar refractivity (Wildman–Crippen MR) is 58.0 cm³/mol. The van der Waals surface area contributed by atoms with Crippen LogP contribution in [0.2, 0.25) is 0 Å². The van der Waals surface area contributed by atoms with Crippen molar-refractivity contribution in [3.8, 4) is 0 Å². The summed E-state index contributed by atoms with van der Waals surface area (Å²) in [6.45, 7) is 2.58. The predicted octanol–water partition coefficient (Wildman–Crippen LogP) is 0.735. The lowest BCUT2D eigenvalue weighted by atomic mass is 10.1. The first kappa shape index (κ1) is 13.0. The van der Waals surface area contributed by atoms with Crippen LogP contribution >= 0.6 is 0 Å². The lowest BCUT2D eigenvalue weighted by Crippen LogP contribution is -2.35. The second kappa shape index (κ2) is 5.84. The van der Waals surface area contributed by atoms with Crippen molar-refractivity contribution in [2.45, 2.75) is 32.3 Å². The Kier molecular flexibility index (Phi) is 4.73. The lowest BCUT2D eigenvalue weighted by molar-refractivity contribution is -0.143. The van der Waals surface area contributed by atoms with E-state index in [0.717, 1.165) is 19.4 Å². The smallest absolute Gasteiger partial charge is 0.308 e. The highest BCUT2D eigenvalue weighted by molar-refractivity contribution is 5.77. The number of amides is 1. The molecule has 0 aromatic heterocycles. The van der Waals surface area contributed by atoms with Gasteiger partial charge in [0.05, 0.1) is 18.4 Å². The summed E-state index contributed by atoms with van der Waals surface area (Å²) in [4.78, 5) is 23.8. The monoisotopic (exact) mass is 229 g/mol. The zero-order valence-corrected chi connectivity index (χ0v) is 9.81. The lowest BCUT2D eigenvalue weighted by Gasteiger charge is -2.20. The second-order valence-corrected chi connectivity index (χ2v) is 4.35. The summed E-state index contributed by atoms with van der Waals surface area (Å²) < 4.78 is 5.36. The van der Waals surface area contributed by atoms with Crippen LogP contribution in [0, 0.1) is 5.92 Å². The molecule has 1 rings (SSSR count). The standard InChI is InChI=1S/C11H19NO4/c1-8(11(14)15)7-12(2)10(13)6-9-4-3-5-16-9/h8-9H,3-7H2,1-2H3,(H,14,15). The summed E-state index contributed by atoms with van der Waals surface area (Å²) in [7, 11) is 1.64. The van der Waals surface area contributed by atoms with Gasteiger partial charge in [-0.2, -0.15) is 0 Å². The third-order valence-corrected chi connectivity index (χ3v) is 2.82. The number of nitrogens with zero attached hydrogens (tertiary/aromatic N) is 1. The molecule has 1 N–H and O–H groups in total. The molecule has 5 heteroatoms. The van der Waals surface area contributed by atoms with E-state index in [9.17, 15) is 9.59 Å². The van der Waals surface area contributed by atoms with Gasteiger partial charge in [-0.1, -0.05) is 6.92 Å². The van der Waals surface area contributed by atoms with Gasteiger partial charge in [0.2, 0.25) is 5.91 Å². The topological polar surface area (TPSA) is 66.8 Å². The maximum atomic E-state index is 11.7. The number of hydrogen-bond acceptors (Lipinski definition) is 3. The minimum atomic E-state index is -0.878. The van der Waals surface area contributed by atoms with Crippen LogP contribution in [0.5, 0.6) is 0 Å². The van der Waals surface area contributed by atoms with Gasteiger partial charge in [-0.3, -0.25) is 9.59 Å². The van der Waals surface area contributed by atoms with Crippen molar-refractivity contribution in [3.05, 3.63) is 0 Å². The van der Waals surface area contributed by atoms with Gasteiger partial charge in [-0.05, 0) is 12.8 Å². The molecule has 1 saturated heterocycles. The quantitative estimate of drug-likeness (QED) is 0.755. The molecular formula is C11H19NO4. The molecule has 0 aromatic carbocycles. The maximum absolute atomic E-state index is 11.7. The number of carboxylic acid groups (broad SMARTS) is 1. The molecule has 2 unspecified atom stereocenters. The molecule has 16 heavy (non-hydrogen) atoms. The highest BCUT2D eigenvalue weighted by Gasteiger charge is 2.23. The van der Waals surface area contributed by atoms with E-state index in [-0.39, 0.29) is 18.6 Å². The SMILES string of the molecule is CC(CN(C)C(=O)CC1CCCO1)C(=O)O. The van der Waals surface area contributed by atoms with Crippen molar-refractivity contribution in [1.29, 1.82) is 0 Å². The van der Waals surface area contributed by atoms with E-state index in [1.54, 1.807) is 14.0 Å². The first-order valence-electron chi connectivity index (χ1n) is 5.59. The molecule has 92 valence electrons. The van der Waals surface area contributed by atoms with Gasteiger partial charge in [0.15, 0.2) is 0 Å². The van der Waals surface area contributed by atoms with Crippen molar-refractivity contribution in [1.82, 2.24) is 4.90 Å². The Hall–Kier alpha value is -1.10. The third kappa shape index (κ3) is 3.81. The summed E-state index contributed by atoms with van der Waals surface area (Å²) in [5.74, 6) is -1.45. The fourth-order valence-corrected chi connectivity index (χ4v) is 1.75.